The molecule has 0 N–H and O–H groups in total. The highest BCUT2D eigenvalue weighted by Gasteiger charge is 2.38. The fraction of sp³-hybridized carbons (Fsp3) is 1.00. The Hall–Kier alpha value is 0.430. The molecule has 108 valence electrons. The molecule has 0 spiro atoms. The van der Waals surface area contributed by atoms with E-state index in [1.165, 1.54) is 51.4 Å². The minimum Gasteiger partial charge on any atom is -0.100 e. The summed E-state index contributed by atoms with van der Waals surface area (Å²) < 4.78 is 0. The zero-order valence-electron chi connectivity index (χ0n) is 13.1. The molecule has 1 saturated heterocycles. The van der Waals surface area contributed by atoms with Gasteiger partial charge in [-0.15, -0.1) is 7.92 Å². The molecule has 1 fully saturated rings. The molecule has 1 unspecified atom stereocenters. The topological polar surface area (TPSA) is 0 Å². The third-order valence-corrected chi connectivity index (χ3v) is 8.49. The first-order valence-corrected chi connectivity index (χ1v) is 10.3. The SMILES string of the molecule is CCCCP1CCCCC1(CCCC)CCCC. The van der Waals surface area contributed by atoms with Crippen molar-refractivity contribution < 1.29 is 0 Å². The van der Waals surface area contributed by atoms with Crippen molar-refractivity contribution in [1.29, 1.82) is 0 Å². The summed E-state index contributed by atoms with van der Waals surface area (Å²) >= 11 is 0. The van der Waals surface area contributed by atoms with Gasteiger partial charge in [0, 0.05) is 0 Å². The van der Waals surface area contributed by atoms with Gasteiger partial charge in [-0.05, 0) is 49.6 Å². The summed E-state index contributed by atoms with van der Waals surface area (Å²) in [6, 6.07) is 0. The minimum absolute atomic E-state index is 0.351. The van der Waals surface area contributed by atoms with Gasteiger partial charge in [0.25, 0.3) is 0 Å². The van der Waals surface area contributed by atoms with Gasteiger partial charge in [0.1, 0.15) is 0 Å². The summed E-state index contributed by atoms with van der Waals surface area (Å²) in [4.78, 5) is 0. The third-order valence-electron chi connectivity index (χ3n) is 4.76. The van der Waals surface area contributed by atoms with Crippen molar-refractivity contribution in [1.82, 2.24) is 0 Å². The Morgan fingerprint density at radius 3 is 2.00 bits per heavy atom. The summed E-state index contributed by atoms with van der Waals surface area (Å²) in [6.07, 6.45) is 19.6. The Balaban J connectivity index is 2.65. The third kappa shape index (κ3) is 4.84. The minimum atomic E-state index is 0.351. The lowest BCUT2D eigenvalue weighted by Gasteiger charge is -2.46. The van der Waals surface area contributed by atoms with E-state index in [-0.39, 0.29) is 0 Å². The van der Waals surface area contributed by atoms with Gasteiger partial charge in [0.15, 0.2) is 0 Å². The van der Waals surface area contributed by atoms with Crippen LogP contribution in [0.5, 0.6) is 0 Å². The highest BCUT2D eigenvalue weighted by Crippen LogP contribution is 2.61. The van der Waals surface area contributed by atoms with E-state index in [4.69, 9.17) is 0 Å². The molecule has 0 aromatic carbocycles. The standard InChI is InChI=1S/C17H35P/c1-4-7-12-17(13-8-5-2)14-10-11-16-18(17)15-9-6-3/h4-16H2,1-3H3. The van der Waals surface area contributed by atoms with Crippen LogP contribution in [0.15, 0.2) is 0 Å². The Labute approximate surface area is 117 Å². The largest absolute Gasteiger partial charge is 0.100 e. The molecule has 1 heterocycles. The summed E-state index contributed by atoms with van der Waals surface area (Å²) in [5.41, 5.74) is 0. The van der Waals surface area contributed by atoms with Crippen molar-refractivity contribution in [3.05, 3.63) is 0 Å². The second-order valence-corrected chi connectivity index (χ2v) is 9.15. The van der Waals surface area contributed by atoms with Crippen LogP contribution in [0, 0.1) is 0 Å². The van der Waals surface area contributed by atoms with E-state index in [1.54, 1.807) is 31.6 Å². The molecule has 18 heavy (non-hydrogen) atoms. The van der Waals surface area contributed by atoms with Gasteiger partial charge in [0.2, 0.25) is 0 Å². The molecule has 0 amide bonds. The molecule has 1 atom stereocenters. The number of rotatable bonds is 9. The lowest BCUT2D eigenvalue weighted by Crippen LogP contribution is -2.32. The second-order valence-electron chi connectivity index (χ2n) is 6.23. The van der Waals surface area contributed by atoms with Gasteiger partial charge in [-0.1, -0.05) is 59.3 Å². The van der Waals surface area contributed by atoms with Gasteiger partial charge < -0.3 is 0 Å². The second kappa shape index (κ2) is 9.35. The molecule has 1 aliphatic heterocycles. The molecule has 0 aliphatic carbocycles. The normalized spacial score (nSPS) is 23.2. The maximum absolute atomic E-state index is 2.37. The van der Waals surface area contributed by atoms with E-state index >= 15 is 0 Å². The highest BCUT2D eigenvalue weighted by molar-refractivity contribution is 7.59. The number of hydrogen-bond acceptors (Lipinski definition) is 0. The molecule has 0 saturated carbocycles. The number of hydrogen-bond donors (Lipinski definition) is 0. The molecule has 0 radical (unpaired) electrons. The quantitative estimate of drug-likeness (QED) is 0.415. The van der Waals surface area contributed by atoms with Crippen molar-refractivity contribution in [2.24, 2.45) is 0 Å². The maximum Gasteiger partial charge on any atom is -0.00944 e. The first-order chi connectivity index (χ1) is 8.79. The van der Waals surface area contributed by atoms with Gasteiger partial charge >= 0.3 is 0 Å². The van der Waals surface area contributed by atoms with Gasteiger partial charge in [-0.3, -0.25) is 0 Å². The predicted octanol–water partition coefficient (Wildman–Crippen LogP) is 6.57. The van der Waals surface area contributed by atoms with Crippen molar-refractivity contribution in [3.63, 3.8) is 0 Å². The van der Waals surface area contributed by atoms with Crippen LogP contribution in [-0.4, -0.2) is 17.5 Å². The zero-order valence-corrected chi connectivity index (χ0v) is 14.0. The average molecular weight is 270 g/mol. The van der Waals surface area contributed by atoms with Gasteiger partial charge in [-0.2, -0.15) is 0 Å². The molecule has 0 nitrogen and oxygen atoms in total. The maximum atomic E-state index is 2.37. The van der Waals surface area contributed by atoms with E-state index in [9.17, 15) is 0 Å². The molecular formula is C17H35P. The smallest absolute Gasteiger partial charge is 0.00944 e. The Bertz CT molecular complexity index is 192. The van der Waals surface area contributed by atoms with Crippen molar-refractivity contribution >= 4 is 7.92 Å². The summed E-state index contributed by atoms with van der Waals surface area (Å²) in [5, 5.41) is 0.814. The van der Waals surface area contributed by atoms with Crippen LogP contribution >= 0.6 is 7.92 Å². The highest BCUT2D eigenvalue weighted by atomic mass is 31.1. The van der Waals surface area contributed by atoms with E-state index in [2.05, 4.69) is 20.8 Å². The molecule has 0 aromatic heterocycles. The van der Waals surface area contributed by atoms with Crippen LogP contribution in [-0.2, 0) is 0 Å². The fourth-order valence-corrected chi connectivity index (χ4v) is 7.45. The Morgan fingerprint density at radius 2 is 1.44 bits per heavy atom. The lowest BCUT2D eigenvalue weighted by molar-refractivity contribution is 0.403. The lowest BCUT2D eigenvalue weighted by atomic mass is 9.89. The average Bonchev–Trinajstić information content (AvgIpc) is 2.42. The van der Waals surface area contributed by atoms with Crippen LogP contribution in [0.1, 0.15) is 91.4 Å². The van der Waals surface area contributed by atoms with Crippen molar-refractivity contribution in [2.45, 2.75) is 96.6 Å². The van der Waals surface area contributed by atoms with Crippen LogP contribution in [0.2, 0.25) is 0 Å². The molecule has 0 bridgehead atoms. The van der Waals surface area contributed by atoms with Crippen LogP contribution in [0.3, 0.4) is 0 Å². The molecule has 0 aromatic rings. The van der Waals surface area contributed by atoms with Gasteiger partial charge in [0.05, 0.1) is 0 Å². The fourth-order valence-electron chi connectivity index (χ4n) is 3.55. The Morgan fingerprint density at radius 1 is 0.833 bits per heavy atom. The molecule has 1 aliphatic rings. The summed E-state index contributed by atoms with van der Waals surface area (Å²) in [6.45, 7) is 7.09. The molecular weight excluding hydrogens is 235 g/mol. The van der Waals surface area contributed by atoms with E-state index in [0.29, 0.717) is 7.92 Å². The molecule has 1 heteroatoms. The van der Waals surface area contributed by atoms with Crippen LogP contribution < -0.4 is 0 Å². The van der Waals surface area contributed by atoms with Crippen LogP contribution in [0.25, 0.3) is 0 Å². The van der Waals surface area contributed by atoms with E-state index in [1.807, 2.05) is 0 Å². The first kappa shape index (κ1) is 16.5. The predicted molar refractivity (Wildman–Crippen MR) is 87.2 cm³/mol. The summed E-state index contributed by atoms with van der Waals surface area (Å²) in [5.74, 6) is 0. The monoisotopic (exact) mass is 270 g/mol. The van der Waals surface area contributed by atoms with Crippen molar-refractivity contribution in [2.75, 3.05) is 12.3 Å². The number of unbranched alkanes of at least 4 members (excludes halogenated alkanes) is 3. The Kier molecular flexibility index (Phi) is 8.56. The molecule has 1 rings (SSSR count). The van der Waals surface area contributed by atoms with E-state index < -0.39 is 0 Å². The van der Waals surface area contributed by atoms with E-state index in [0.717, 1.165) is 5.16 Å². The zero-order chi connectivity index (χ0) is 13.3. The van der Waals surface area contributed by atoms with Crippen molar-refractivity contribution in [3.8, 4) is 0 Å². The summed E-state index contributed by atoms with van der Waals surface area (Å²) in [7, 11) is 0.351. The first-order valence-electron chi connectivity index (χ1n) is 8.54. The van der Waals surface area contributed by atoms with Crippen LogP contribution in [0.4, 0.5) is 0 Å². The van der Waals surface area contributed by atoms with Gasteiger partial charge in [-0.25, -0.2) is 0 Å².